The highest BCUT2D eigenvalue weighted by Crippen LogP contribution is 2.07. The molecule has 3 amide bonds. The van der Waals surface area contributed by atoms with Gasteiger partial charge in [0.05, 0.1) is 12.1 Å². The average molecular weight is 444 g/mol. The lowest BCUT2D eigenvalue weighted by Gasteiger charge is -2.24. The lowest BCUT2D eigenvalue weighted by molar-refractivity contribution is -0.145. The quantitative estimate of drug-likeness (QED) is 0.0859. The molecule has 1 fully saturated rings. The Kier molecular flexibility index (Phi) is 10.7. The molecule has 0 bridgehead atoms. The summed E-state index contributed by atoms with van der Waals surface area (Å²) in [7, 11) is 0. The van der Waals surface area contributed by atoms with Gasteiger partial charge in [0, 0.05) is 6.54 Å². The van der Waals surface area contributed by atoms with Crippen LogP contribution >= 0.6 is 0 Å². The topological polar surface area (TPSA) is 221 Å². The van der Waals surface area contributed by atoms with Crippen LogP contribution in [0.2, 0.25) is 0 Å². The fourth-order valence-corrected chi connectivity index (χ4v) is 3.00. The van der Waals surface area contributed by atoms with Crippen LogP contribution in [0.1, 0.15) is 39.5 Å². The molecular formula is C18H33N7O6. The van der Waals surface area contributed by atoms with Crippen LogP contribution in [0, 0.1) is 0 Å². The van der Waals surface area contributed by atoms with E-state index in [0.29, 0.717) is 19.4 Å². The first-order valence-corrected chi connectivity index (χ1v) is 10.1. The minimum absolute atomic E-state index is 0.0865. The highest BCUT2D eigenvalue weighted by Gasteiger charge is 2.30. The Balaban J connectivity index is 2.74. The van der Waals surface area contributed by atoms with E-state index in [0.717, 1.165) is 6.42 Å². The SMILES string of the molecule is CC(NC(=O)C(CCCN=C(N)N)NC(=O)C1CCCN1)C(=O)NC(C(=O)O)C(C)O. The van der Waals surface area contributed by atoms with Crippen molar-refractivity contribution in [2.24, 2.45) is 16.5 Å². The van der Waals surface area contributed by atoms with Gasteiger partial charge in [-0.05, 0) is 46.1 Å². The first kappa shape index (κ1) is 26.1. The van der Waals surface area contributed by atoms with Crippen LogP contribution in [0.5, 0.6) is 0 Å². The van der Waals surface area contributed by atoms with Crippen molar-refractivity contribution in [1.82, 2.24) is 21.3 Å². The number of carbonyl (C=O) groups is 4. The molecule has 10 N–H and O–H groups in total. The Morgan fingerprint density at radius 2 is 1.81 bits per heavy atom. The molecule has 1 aliphatic rings. The molecule has 0 aromatic rings. The summed E-state index contributed by atoms with van der Waals surface area (Å²) < 4.78 is 0. The summed E-state index contributed by atoms with van der Waals surface area (Å²) >= 11 is 0. The molecule has 176 valence electrons. The van der Waals surface area contributed by atoms with Gasteiger partial charge in [0.2, 0.25) is 17.7 Å². The molecule has 0 radical (unpaired) electrons. The fourth-order valence-electron chi connectivity index (χ4n) is 3.00. The van der Waals surface area contributed by atoms with Gasteiger partial charge >= 0.3 is 5.97 Å². The van der Waals surface area contributed by atoms with E-state index in [4.69, 9.17) is 16.6 Å². The van der Waals surface area contributed by atoms with Crippen molar-refractivity contribution in [3.8, 4) is 0 Å². The standard InChI is InChI=1S/C18H33N7O6/c1-9(14(27)25-13(10(2)26)17(30)31)23-16(29)12(6-4-8-22-18(19)20)24-15(28)11-5-3-7-21-11/h9-13,21,26H,3-8H2,1-2H3,(H,23,29)(H,24,28)(H,25,27)(H,30,31)(H4,19,20,22). The first-order chi connectivity index (χ1) is 14.5. The van der Waals surface area contributed by atoms with Crippen LogP contribution in [0.4, 0.5) is 0 Å². The molecule has 0 saturated carbocycles. The van der Waals surface area contributed by atoms with Crippen molar-refractivity contribution in [2.75, 3.05) is 13.1 Å². The second kappa shape index (κ2) is 12.7. The van der Waals surface area contributed by atoms with Gasteiger partial charge in [-0.3, -0.25) is 19.4 Å². The van der Waals surface area contributed by atoms with Gasteiger partial charge in [0.15, 0.2) is 12.0 Å². The van der Waals surface area contributed by atoms with Gasteiger partial charge in [-0.15, -0.1) is 0 Å². The number of carboxylic acids is 1. The smallest absolute Gasteiger partial charge is 0.328 e. The summed E-state index contributed by atoms with van der Waals surface area (Å²) in [5, 5.41) is 28.9. The first-order valence-electron chi connectivity index (χ1n) is 10.1. The fraction of sp³-hybridized carbons (Fsp3) is 0.722. The van der Waals surface area contributed by atoms with Crippen molar-refractivity contribution >= 4 is 29.7 Å². The van der Waals surface area contributed by atoms with E-state index in [1.807, 2.05) is 0 Å². The number of nitrogens with one attached hydrogen (secondary N) is 4. The van der Waals surface area contributed by atoms with Crippen LogP contribution in [0.3, 0.4) is 0 Å². The molecule has 0 aliphatic carbocycles. The Morgan fingerprint density at radius 1 is 1.13 bits per heavy atom. The second-order valence-electron chi connectivity index (χ2n) is 7.45. The molecule has 0 aromatic carbocycles. The average Bonchev–Trinajstić information content (AvgIpc) is 3.22. The number of rotatable bonds is 12. The Morgan fingerprint density at radius 3 is 2.32 bits per heavy atom. The Labute approximate surface area is 180 Å². The van der Waals surface area contributed by atoms with E-state index < -0.39 is 48.1 Å². The minimum atomic E-state index is -1.52. The number of hydrogen-bond acceptors (Lipinski definition) is 7. The Bertz CT molecular complexity index is 674. The number of aliphatic hydroxyl groups is 1. The molecule has 0 aromatic heterocycles. The number of guanidine groups is 1. The Hall–Kier alpha value is -2.93. The maximum absolute atomic E-state index is 12.7. The van der Waals surface area contributed by atoms with E-state index in [9.17, 15) is 24.3 Å². The van der Waals surface area contributed by atoms with Crippen molar-refractivity contribution in [3.63, 3.8) is 0 Å². The molecule has 5 atom stereocenters. The molecular weight excluding hydrogens is 410 g/mol. The van der Waals surface area contributed by atoms with E-state index in [-0.39, 0.29) is 24.8 Å². The summed E-state index contributed by atoms with van der Waals surface area (Å²) in [6, 6.07) is -3.95. The number of aliphatic carboxylic acids is 1. The zero-order valence-electron chi connectivity index (χ0n) is 17.8. The minimum Gasteiger partial charge on any atom is -0.480 e. The maximum Gasteiger partial charge on any atom is 0.328 e. The summed E-state index contributed by atoms with van der Waals surface area (Å²) in [5.74, 6) is -3.21. The van der Waals surface area contributed by atoms with Gasteiger partial charge in [-0.1, -0.05) is 0 Å². The lowest BCUT2D eigenvalue weighted by atomic mass is 10.1. The number of aliphatic hydroxyl groups excluding tert-OH is 1. The van der Waals surface area contributed by atoms with Gasteiger partial charge < -0.3 is 42.9 Å². The van der Waals surface area contributed by atoms with Gasteiger partial charge in [-0.25, -0.2) is 4.79 Å². The molecule has 31 heavy (non-hydrogen) atoms. The number of carboxylic acid groups (broad SMARTS) is 1. The molecule has 13 nitrogen and oxygen atoms in total. The maximum atomic E-state index is 12.7. The predicted molar refractivity (Wildman–Crippen MR) is 112 cm³/mol. The number of amides is 3. The summed E-state index contributed by atoms with van der Waals surface area (Å²) in [6.45, 7) is 3.56. The molecule has 1 aliphatic heterocycles. The third kappa shape index (κ3) is 9.17. The van der Waals surface area contributed by atoms with Crippen molar-refractivity contribution in [3.05, 3.63) is 0 Å². The van der Waals surface area contributed by atoms with Crippen LogP contribution in [0.25, 0.3) is 0 Å². The van der Waals surface area contributed by atoms with E-state index >= 15 is 0 Å². The normalized spacial score (nSPS) is 19.4. The number of nitrogens with zero attached hydrogens (tertiary/aromatic N) is 1. The number of carbonyl (C=O) groups excluding carboxylic acids is 3. The zero-order chi connectivity index (χ0) is 23.6. The predicted octanol–water partition coefficient (Wildman–Crippen LogP) is -3.27. The van der Waals surface area contributed by atoms with E-state index in [1.165, 1.54) is 13.8 Å². The van der Waals surface area contributed by atoms with Crippen molar-refractivity contribution in [1.29, 1.82) is 0 Å². The van der Waals surface area contributed by atoms with E-state index in [1.54, 1.807) is 0 Å². The van der Waals surface area contributed by atoms with Gasteiger partial charge in [0.25, 0.3) is 0 Å². The number of hydrogen-bond donors (Lipinski definition) is 8. The third-order valence-electron chi connectivity index (χ3n) is 4.75. The van der Waals surface area contributed by atoms with Gasteiger partial charge in [0.1, 0.15) is 12.1 Å². The summed E-state index contributed by atoms with van der Waals surface area (Å²) in [5.41, 5.74) is 10.6. The van der Waals surface area contributed by atoms with Crippen molar-refractivity contribution in [2.45, 2.75) is 69.8 Å². The highest BCUT2D eigenvalue weighted by molar-refractivity contribution is 5.94. The van der Waals surface area contributed by atoms with Crippen LogP contribution < -0.4 is 32.7 Å². The number of nitrogens with two attached hydrogens (primary N) is 2. The molecule has 13 heteroatoms. The van der Waals surface area contributed by atoms with Crippen molar-refractivity contribution < 1.29 is 29.4 Å². The zero-order valence-corrected chi connectivity index (χ0v) is 17.8. The molecule has 0 spiro atoms. The lowest BCUT2D eigenvalue weighted by Crippen LogP contribution is -2.57. The number of aliphatic imine (C=N–C) groups is 1. The van der Waals surface area contributed by atoms with Crippen LogP contribution in [-0.4, -0.2) is 83.2 Å². The molecule has 1 rings (SSSR count). The largest absolute Gasteiger partial charge is 0.480 e. The van der Waals surface area contributed by atoms with Crippen LogP contribution in [-0.2, 0) is 19.2 Å². The second-order valence-corrected chi connectivity index (χ2v) is 7.45. The molecule has 1 heterocycles. The summed E-state index contributed by atoms with van der Waals surface area (Å²) in [6.07, 6.45) is 0.803. The monoisotopic (exact) mass is 443 g/mol. The van der Waals surface area contributed by atoms with Crippen LogP contribution in [0.15, 0.2) is 4.99 Å². The molecule has 1 saturated heterocycles. The van der Waals surface area contributed by atoms with Gasteiger partial charge in [-0.2, -0.15) is 0 Å². The van der Waals surface area contributed by atoms with E-state index in [2.05, 4.69) is 26.3 Å². The highest BCUT2D eigenvalue weighted by atomic mass is 16.4. The third-order valence-corrected chi connectivity index (χ3v) is 4.75. The molecule has 5 unspecified atom stereocenters. The summed E-state index contributed by atoms with van der Waals surface area (Å²) in [4.78, 5) is 52.3.